The van der Waals surface area contributed by atoms with Gasteiger partial charge < -0.3 is 0 Å². The van der Waals surface area contributed by atoms with E-state index in [0.29, 0.717) is 4.68 Å². The molecule has 1 aromatic heterocycles. The number of hydrogen-bond acceptors (Lipinski definition) is 3. The summed E-state index contributed by atoms with van der Waals surface area (Å²) in [6, 6.07) is 0. The summed E-state index contributed by atoms with van der Waals surface area (Å²) < 4.78 is 35.7. The smallest absolute Gasteiger partial charge is 0.261 e. The SMILES string of the molecule is O=Nc1cnn(CC(F)(F)F)c1. The van der Waals surface area contributed by atoms with Gasteiger partial charge in [0.05, 0.1) is 12.4 Å². The molecule has 0 aliphatic rings. The van der Waals surface area contributed by atoms with E-state index < -0.39 is 12.7 Å². The predicted molar refractivity (Wildman–Crippen MR) is 33.7 cm³/mol. The first-order valence-electron chi connectivity index (χ1n) is 2.94. The normalized spacial score (nSPS) is 11.6. The van der Waals surface area contributed by atoms with Crippen molar-refractivity contribution in [2.75, 3.05) is 0 Å². The second-order valence-electron chi connectivity index (χ2n) is 2.10. The predicted octanol–water partition coefficient (Wildman–Crippen LogP) is 1.84. The van der Waals surface area contributed by atoms with E-state index in [1.165, 1.54) is 0 Å². The standard InChI is InChI=1S/C5H4F3N3O/c6-5(7,8)3-11-2-4(10-12)1-9-11/h1-2H,3H2. The molecule has 0 aliphatic carbocycles. The average Bonchev–Trinajstić information content (AvgIpc) is 2.32. The average molecular weight is 179 g/mol. The van der Waals surface area contributed by atoms with Crippen molar-refractivity contribution in [1.82, 2.24) is 9.78 Å². The Bertz CT molecular complexity index is 280. The minimum atomic E-state index is -4.33. The van der Waals surface area contributed by atoms with Crippen LogP contribution in [0.2, 0.25) is 0 Å². The second-order valence-corrected chi connectivity index (χ2v) is 2.10. The zero-order valence-corrected chi connectivity index (χ0v) is 5.75. The highest BCUT2D eigenvalue weighted by atomic mass is 19.4. The Morgan fingerprint density at radius 1 is 1.58 bits per heavy atom. The van der Waals surface area contributed by atoms with Crippen molar-refractivity contribution in [2.45, 2.75) is 12.7 Å². The van der Waals surface area contributed by atoms with E-state index in [2.05, 4.69) is 10.3 Å². The van der Waals surface area contributed by atoms with Gasteiger partial charge in [0.2, 0.25) is 0 Å². The van der Waals surface area contributed by atoms with Gasteiger partial charge in [-0.05, 0) is 5.18 Å². The third-order valence-corrected chi connectivity index (χ3v) is 1.07. The van der Waals surface area contributed by atoms with Crippen LogP contribution in [0.4, 0.5) is 18.9 Å². The largest absolute Gasteiger partial charge is 0.408 e. The van der Waals surface area contributed by atoms with Crippen molar-refractivity contribution in [1.29, 1.82) is 0 Å². The number of alkyl halides is 3. The van der Waals surface area contributed by atoms with Crippen LogP contribution in [0, 0.1) is 4.91 Å². The number of nitrogens with zero attached hydrogens (tertiary/aromatic N) is 3. The van der Waals surface area contributed by atoms with Crippen LogP contribution < -0.4 is 0 Å². The van der Waals surface area contributed by atoms with E-state index in [1.54, 1.807) is 0 Å². The summed E-state index contributed by atoms with van der Waals surface area (Å²) >= 11 is 0. The van der Waals surface area contributed by atoms with Gasteiger partial charge in [-0.25, -0.2) is 0 Å². The maximum Gasteiger partial charge on any atom is 0.408 e. The van der Waals surface area contributed by atoms with Crippen LogP contribution in [0.1, 0.15) is 0 Å². The molecule has 7 heteroatoms. The molecule has 0 unspecified atom stereocenters. The molecule has 1 aromatic rings. The Balaban J connectivity index is 2.70. The lowest BCUT2D eigenvalue weighted by molar-refractivity contribution is -0.142. The highest BCUT2D eigenvalue weighted by Crippen LogP contribution is 2.18. The van der Waals surface area contributed by atoms with E-state index in [0.717, 1.165) is 12.4 Å². The molecule has 0 atom stereocenters. The summed E-state index contributed by atoms with van der Waals surface area (Å²) in [6.45, 7) is -1.21. The molecule has 0 radical (unpaired) electrons. The maximum absolute atomic E-state index is 11.7. The van der Waals surface area contributed by atoms with E-state index in [-0.39, 0.29) is 5.69 Å². The highest BCUT2D eigenvalue weighted by Gasteiger charge is 2.28. The van der Waals surface area contributed by atoms with Crippen LogP contribution in [0.3, 0.4) is 0 Å². The minimum absolute atomic E-state index is 0.112. The van der Waals surface area contributed by atoms with Crippen LogP contribution >= 0.6 is 0 Å². The molecule has 0 bridgehead atoms. The molecule has 0 N–H and O–H groups in total. The molecule has 1 heterocycles. The second kappa shape index (κ2) is 2.92. The number of aromatic nitrogens is 2. The molecule has 66 valence electrons. The van der Waals surface area contributed by atoms with Gasteiger partial charge in [0.25, 0.3) is 0 Å². The van der Waals surface area contributed by atoms with Crippen LogP contribution in [-0.2, 0) is 6.54 Å². The molecule has 0 aliphatic heterocycles. The van der Waals surface area contributed by atoms with Gasteiger partial charge in [-0.1, -0.05) is 0 Å². The van der Waals surface area contributed by atoms with Gasteiger partial charge >= 0.3 is 6.18 Å². The minimum Gasteiger partial charge on any atom is -0.261 e. The highest BCUT2D eigenvalue weighted by molar-refractivity contribution is 5.29. The molecule has 4 nitrogen and oxygen atoms in total. The van der Waals surface area contributed by atoms with Crippen molar-refractivity contribution in [3.05, 3.63) is 17.3 Å². The fourth-order valence-electron chi connectivity index (χ4n) is 0.670. The Labute approximate surface area is 65.0 Å². The fraction of sp³-hybridized carbons (Fsp3) is 0.400. The molecule has 0 aromatic carbocycles. The lowest BCUT2D eigenvalue weighted by Gasteiger charge is -2.04. The molecule has 0 saturated carbocycles. The van der Waals surface area contributed by atoms with Crippen molar-refractivity contribution < 1.29 is 13.2 Å². The quantitative estimate of drug-likeness (QED) is 0.650. The molecule has 0 saturated heterocycles. The molecule has 1 rings (SSSR count). The van der Waals surface area contributed by atoms with Crippen LogP contribution in [-0.4, -0.2) is 16.0 Å². The van der Waals surface area contributed by atoms with Crippen LogP contribution in [0.5, 0.6) is 0 Å². The van der Waals surface area contributed by atoms with Gasteiger partial charge in [-0.3, -0.25) is 4.68 Å². The van der Waals surface area contributed by atoms with Gasteiger partial charge in [-0.2, -0.15) is 18.3 Å². The summed E-state index contributed by atoms with van der Waals surface area (Å²) in [5, 5.41) is 5.70. The molecular weight excluding hydrogens is 175 g/mol. The van der Waals surface area contributed by atoms with E-state index >= 15 is 0 Å². The summed E-state index contributed by atoms with van der Waals surface area (Å²) in [4.78, 5) is 9.80. The molecule has 0 spiro atoms. The lowest BCUT2D eigenvalue weighted by atomic mass is 10.6. The summed E-state index contributed by atoms with van der Waals surface area (Å²) in [5.41, 5.74) is -0.112. The van der Waals surface area contributed by atoms with Crippen LogP contribution in [0.15, 0.2) is 17.6 Å². The third kappa shape index (κ3) is 2.33. The van der Waals surface area contributed by atoms with Gasteiger partial charge in [-0.15, -0.1) is 4.91 Å². The molecular formula is C5H4F3N3O. The number of nitroso groups, excluding NO2 is 1. The summed E-state index contributed by atoms with van der Waals surface area (Å²) in [6.07, 6.45) is -2.43. The number of hydrogen-bond donors (Lipinski definition) is 0. The molecule has 12 heavy (non-hydrogen) atoms. The Kier molecular flexibility index (Phi) is 2.11. The lowest BCUT2D eigenvalue weighted by Crippen LogP contribution is -2.17. The fourth-order valence-corrected chi connectivity index (χ4v) is 0.670. The van der Waals surface area contributed by atoms with Crippen molar-refractivity contribution in [2.24, 2.45) is 5.18 Å². The van der Waals surface area contributed by atoms with E-state index in [4.69, 9.17) is 0 Å². The van der Waals surface area contributed by atoms with Gasteiger partial charge in [0.1, 0.15) is 12.2 Å². The Hall–Kier alpha value is -1.40. The van der Waals surface area contributed by atoms with Crippen molar-refractivity contribution >= 4 is 5.69 Å². The summed E-state index contributed by atoms with van der Waals surface area (Å²) in [7, 11) is 0. The first-order chi connectivity index (χ1) is 5.51. The van der Waals surface area contributed by atoms with Crippen LogP contribution in [0.25, 0.3) is 0 Å². The van der Waals surface area contributed by atoms with Gasteiger partial charge in [0.15, 0.2) is 0 Å². The summed E-state index contributed by atoms with van der Waals surface area (Å²) in [5.74, 6) is 0. The Morgan fingerprint density at radius 2 is 2.25 bits per heavy atom. The van der Waals surface area contributed by atoms with E-state index in [9.17, 15) is 18.1 Å². The monoisotopic (exact) mass is 179 g/mol. The van der Waals surface area contributed by atoms with Crippen molar-refractivity contribution in [3.63, 3.8) is 0 Å². The number of halogens is 3. The molecule has 0 amide bonds. The first-order valence-corrected chi connectivity index (χ1v) is 2.94. The molecule has 0 fully saturated rings. The topological polar surface area (TPSA) is 47.2 Å². The first kappa shape index (κ1) is 8.69. The maximum atomic E-state index is 11.7. The number of rotatable bonds is 2. The Morgan fingerprint density at radius 3 is 2.67 bits per heavy atom. The van der Waals surface area contributed by atoms with E-state index in [1.807, 2.05) is 0 Å². The van der Waals surface area contributed by atoms with Gasteiger partial charge in [0, 0.05) is 0 Å². The third-order valence-electron chi connectivity index (χ3n) is 1.07. The zero-order chi connectivity index (χ0) is 9.19. The van der Waals surface area contributed by atoms with Crippen molar-refractivity contribution in [3.8, 4) is 0 Å². The zero-order valence-electron chi connectivity index (χ0n) is 5.75.